The average Bonchev–Trinajstić information content (AvgIpc) is 3.26. The van der Waals surface area contributed by atoms with Crippen LogP contribution >= 0.6 is 0 Å². The zero-order chi connectivity index (χ0) is 29.5. The highest BCUT2D eigenvalue weighted by Crippen LogP contribution is 2.27. The lowest BCUT2D eigenvalue weighted by Gasteiger charge is -2.21. The molecule has 14 heteroatoms. The number of carbonyl (C=O) groups is 1. The largest absolute Gasteiger partial charge is 0.508 e. The van der Waals surface area contributed by atoms with Crippen LogP contribution in [0.15, 0.2) is 78.9 Å². The number of hydrogen-bond donors (Lipinski definition) is 9. The van der Waals surface area contributed by atoms with Gasteiger partial charge in [0.1, 0.15) is 16.9 Å². The van der Waals surface area contributed by atoms with Gasteiger partial charge in [-0.2, -0.15) is 8.42 Å². The van der Waals surface area contributed by atoms with Gasteiger partial charge in [0.05, 0.1) is 18.9 Å². The lowest BCUT2D eigenvalue weighted by Crippen LogP contribution is -2.41. The zero-order valence-electron chi connectivity index (χ0n) is 21.4. The number of hydrazine groups is 1. The lowest BCUT2D eigenvalue weighted by atomic mass is 9.90. The summed E-state index contributed by atoms with van der Waals surface area (Å²) in [6.45, 7) is -0.481. The van der Waals surface area contributed by atoms with Gasteiger partial charge in [-0.1, -0.05) is 18.2 Å². The van der Waals surface area contributed by atoms with E-state index in [9.17, 15) is 15.0 Å². The number of nitrogens with zero attached hydrogens (tertiary/aromatic N) is 1. The zero-order valence-corrected chi connectivity index (χ0v) is 22.2. The van der Waals surface area contributed by atoms with Crippen molar-refractivity contribution in [3.8, 4) is 11.5 Å². The summed E-state index contributed by atoms with van der Waals surface area (Å²) in [5, 5.41) is 43.3. The normalized spacial score (nSPS) is 13.5. The summed E-state index contributed by atoms with van der Waals surface area (Å²) in [5.41, 5.74) is 4.50. The van der Waals surface area contributed by atoms with E-state index in [4.69, 9.17) is 27.7 Å². The fourth-order valence-electron chi connectivity index (χ4n) is 2.95. The summed E-state index contributed by atoms with van der Waals surface area (Å²) in [7, 11) is -0.987. The average molecular weight is 567 g/mol. The van der Waals surface area contributed by atoms with Crippen molar-refractivity contribution in [2.75, 3.05) is 49.5 Å². The molecule has 4 rings (SSSR count). The van der Waals surface area contributed by atoms with E-state index in [0.717, 1.165) is 11.4 Å². The number of nitrogens with one attached hydrogen (secondary N) is 3. The Labute approximate surface area is 226 Å². The number of carbonyl (C=O) groups excluding carboxylic acids is 1. The number of phenolic OH excluding ortho intramolecular Hbond substituents is 2. The van der Waals surface area contributed by atoms with E-state index < -0.39 is 15.8 Å². The highest BCUT2D eigenvalue weighted by molar-refractivity contribution is 7.79. The molecule has 214 valence electrons. The summed E-state index contributed by atoms with van der Waals surface area (Å²) < 4.78 is 31.6. The molecule has 0 bridgehead atoms. The molecule has 0 spiro atoms. The SMILES string of the molecule is CNc1ccc(O)cc1.CNc1ccc(O)cc1.O=C1N(c2ccccc2)NCC1(CO)CO.O=S(=O)(O)O. The predicted octanol–water partition coefficient (Wildman–Crippen LogP) is 1.72. The first kappa shape index (κ1) is 33.1. The summed E-state index contributed by atoms with van der Waals surface area (Å²) in [6.07, 6.45) is 0. The molecule has 1 aliphatic heterocycles. The Balaban J connectivity index is 0.000000284. The molecule has 39 heavy (non-hydrogen) atoms. The molecular formula is C25H34N4O9S. The third kappa shape index (κ3) is 12.0. The van der Waals surface area contributed by atoms with E-state index in [1.54, 1.807) is 36.4 Å². The van der Waals surface area contributed by atoms with Crippen molar-refractivity contribution in [3.63, 3.8) is 0 Å². The summed E-state index contributed by atoms with van der Waals surface area (Å²) in [5.74, 6) is 0.298. The first-order valence-electron chi connectivity index (χ1n) is 11.4. The predicted molar refractivity (Wildman–Crippen MR) is 148 cm³/mol. The van der Waals surface area contributed by atoms with Crippen molar-refractivity contribution in [2.24, 2.45) is 5.41 Å². The third-order valence-corrected chi connectivity index (χ3v) is 5.16. The molecule has 1 amide bonds. The number of aliphatic hydroxyl groups excluding tert-OH is 2. The van der Waals surface area contributed by atoms with Gasteiger partial charge in [-0.3, -0.25) is 13.9 Å². The van der Waals surface area contributed by atoms with Gasteiger partial charge in [-0.25, -0.2) is 10.4 Å². The Kier molecular flexibility index (Phi) is 13.7. The number of benzene rings is 3. The highest BCUT2D eigenvalue weighted by Gasteiger charge is 2.46. The molecule has 1 saturated heterocycles. The van der Waals surface area contributed by atoms with Crippen LogP contribution in [0.4, 0.5) is 17.1 Å². The Hall–Kier alpha value is -3.92. The van der Waals surface area contributed by atoms with Crippen molar-refractivity contribution < 1.29 is 42.7 Å². The second-order valence-corrected chi connectivity index (χ2v) is 8.84. The van der Waals surface area contributed by atoms with Crippen LogP contribution in [0, 0.1) is 5.41 Å². The quantitative estimate of drug-likeness (QED) is 0.160. The van der Waals surface area contributed by atoms with E-state index >= 15 is 0 Å². The van der Waals surface area contributed by atoms with Gasteiger partial charge in [0.15, 0.2) is 0 Å². The van der Waals surface area contributed by atoms with E-state index in [1.807, 2.05) is 56.6 Å². The van der Waals surface area contributed by atoms with Crippen LogP contribution < -0.4 is 21.1 Å². The number of aromatic hydroxyl groups is 2. The van der Waals surface area contributed by atoms with Crippen molar-refractivity contribution in [2.45, 2.75) is 0 Å². The summed E-state index contributed by atoms with van der Waals surface area (Å²) in [4.78, 5) is 12.0. The number of rotatable bonds is 5. The number of para-hydroxylation sites is 1. The Bertz CT molecular complexity index is 1170. The molecule has 0 aromatic heterocycles. The smallest absolute Gasteiger partial charge is 0.394 e. The Morgan fingerprint density at radius 2 is 1.18 bits per heavy atom. The molecule has 0 saturated carbocycles. The lowest BCUT2D eigenvalue weighted by molar-refractivity contribution is -0.129. The summed E-state index contributed by atoms with van der Waals surface area (Å²) in [6, 6.07) is 22.9. The van der Waals surface area contributed by atoms with Crippen LogP contribution in [0.2, 0.25) is 0 Å². The number of anilines is 3. The standard InChI is InChI=1S/C11H14N2O3.2C7H9NO.H2O4S/c14-7-11(8-15)6-12-13(10(11)16)9-4-2-1-3-5-9;2*1-8-6-2-4-7(9)5-3-6;1-5(2,3)4/h1-5,12,14-15H,6-8H2;2*2-5,8-9H,1H3;(H2,1,2,3,4). The van der Waals surface area contributed by atoms with Crippen LogP contribution in [0.25, 0.3) is 0 Å². The first-order chi connectivity index (χ1) is 18.4. The van der Waals surface area contributed by atoms with Crippen molar-refractivity contribution >= 4 is 33.4 Å². The molecule has 1 fully saturated rings. The van der Waals surface area contributed by atoms with Gasteiger partial charge in [-0.15, -0.1) is 0 Å². The summed E-state index contributed by atoms with van der Waals surface area (Å²) >= 11 is 0. The molecule has 9 N–H and O–H groups in total. The number of amides is 1. The van der Waals surface area contributed by atoms with Crippen LogP contribution in [0.5, 0.6) is 11.5 Å². The van der Waals surface area contributed by atoms with Crippen LogP contribution in [-0.4, -0.2) is 77.7 Å². The minimum atomic E-state index is -4.67. The maximum Gasteiger partial charge on any atom is 0.394 e. The molecule has 0 aliphatic carbocycles. The monoisotopic (exact) mass is 566 g/mol. The second-order valence-electron chi connectivity index (χ2n) is 7.95. The van der Waals surface area contributed by atoms with Crippen LogP contribution in [-0.2, 0) is 15.2 Å². The van der Waals surface area contributed by atoms with Gasteiger partial charge < -0.3 is 31.1 Å². The molecular weight excluding hydrogens is 532 g/mol. The molecule has 1 heterocycles. The first-order valence-corrected chi connectivity index (χ1v) is 12.8. The maximum absolute atomic E-state index is 12.0. The number of hydrogen-bond acceptors (Lipinski definition) is 10. The van der Waals surface area contributed by atoms with Crippen molar-refractivity contribution in [1.29, 1.82) is 0 Å². The maximum atomic E-state index is 12.0. The minimum Gasteiger partial charge on any atom is -0.508 e. The van der Waals surface area contributed by atoms with Crippen LogP contribution in [0.1, 0.15) is 0 Å². The van der Waals surface area contributed by atoms with E-state index in [2.05, 4.69) is 16.1 Å². The van der Waals surface area contributed by atoms with E-state index in [0.29, 0.717) is 17.2 Å². The van der Waals surface area contributed by atoms with E-state index in [-0.39, 0.29) is 25.7 Å². The molecule has 0 unspecified atom stereocenters. The van der Waals surface area contributed by atoms with Crippen LogP contribution in [0.3, 0.4) is 0 Å². The Morgan fingerprint density at radius 3 is 1.49 bits per heavy atom. The molecule has 0 atom stereocenters. The van der Waals surface area contributed by atoms with E-state index in [1.165, 1.54) is 5.01 Å². The topological polar surface area (TPSA) is 212 Å². The third-order valence-electron chi connectivity index (χ3n) is 5.16. The van der Waals surface area contributed by atoms with Gasteiger partial charge in [-0.05, 0) is 60.7 Å². The minimum absolute atomic E-state index is 0.244. The second kappa shape index (κ2) is 16.1. The van der Waals surface area contributed by atoms with Gasteiger partial charge >= 0.3 is 10.4 Å². The molecule has 3 aromatic rings. The highest BCUT2D eigenvalue weighted by atomic mass is 32.3. The number of phenols is 2. The molecule has 0 radical (unpaired) electrons. The number of aliphatic hydroxyl groups is 2. The molecule has 3 aromatic carbocycles. The van der Waals surface area contributed by atoms with Gasteiger partial charge in [0.25, 0.3) is 5.91 Å². The fourth-order valence-corrected chi connectivity index (χ4v) is 2.95. The van der Waals surface area contributed by atoms with Crippen molar-refractivity contribution in [1.82, 2.24) is 5.43 Å². The van der Waals surface area contributed by atoms with Gasteiger partial charge in [0, 0.05) is 32.0 Å². The molecule has 13 nitrogen and oxygen atoms in total. The molecule has 1 aliphatic rings. The Morgan fingerprint density at radius 1 is 0.795 bits per heavy atom. The van der Waals surface area contributed by atoms with Gasteiger partial charge in [0.2, 0.25) is 0 Å². The fraction of sp³-hybridized carbons (Fsp3) is 0.240. The van der Waals surface area contributed by atoms with Crippen molar-refractivity contribution in [3.05, 3.63) is 78.9 Å².